The smallest absolute Gasteiger partial charge is 0.276 e. The zero-order valence-corrected chi connectivity index (χ0v) is 18.5. The summed E-state index contributed by atoms with van der Waals surface area (Å²) < 4.78 is 7.24. The quantitative estimate of drug-likeness (QED) is 0.717. The minimum atomic E-state index is -0.0632. The Bertz CT molecular complexity index is 946. The van der Waals surface area contributed by atoms with Gasteiger partial charge in [0.2, 0.25) is 5.91 Å². The van der Waals surface area contributed by atoms with Gasteiger partial charge in [0, 0.05) is 32.6 Å². The molecule has 2 aromatic rings. The van der Waals surface area contributed by atoms with E-state index in [0.717, 1.165) is 45.2 Å². The van der Waals surface area contributed by atoms with Crippen LogP contribution in [-0.2, 0) is 16.0 Å². The second-order valence-electron chi connectivity index (χ2n) is 9.27. The van der Waals surface area contributed by atoms with Gasteiger partial charge in [-0.2, -0.15) is 0 Å². The molecular weight excluding hydrogens is 406 g/mol. The van der Waals surface area contributed by atoms with Gasteiger partial charge in [-0.1, -0.05) is 35.5 Å². The van der Waals surface area contributed by atoms with Gasteiger partial charge in [0.15, 0.2) is 5.69 Å². The van der Waals surface area contributed by atoms with Crippen molar-refractivity contribution in [1.82, 2.24) is 24.8 Å². The normalized spacial score (nSPS) is 22.6. The Balaban J connectivity index is 1.16. The lowest BCUT2D eigenvalue weighted by atomic mass is 9.59. The standard InChI is InChI=1S/C24H31N5O3/c30-22(7-6-19-4-2-1-3-5-19)27-12-10-24(11-13-27)9-8-21(24)29-18-20(25-26-29)23(31)28-14-16-32-17-15-28/h1-5,18,21H,6-17H2. The Morgan fingerprint density at radius 3 is 2.44 bits per heavy atom. The highest BCUT2D eigenvalue weighted by Crippen LogP contribution is 2.56. The number of hydrogen-bond donors (Lipinski definition) is 0. The van der Waals surface area contributed by atoms with Crippen molar-refractivity contribution < 1.29 is 14.3 Å². The van der Waals surface area contributed by atoms with E-state index in [2.05, 4.69) is 22.4 Å². The minimum Gasteiger partial charge on any atom is -0.378 e. The van der Waals surface area contributed by atoms with E-state index in [9.17, 15) is 9.59 Å². The largest absolute Gasteiger partial charge is 0.378 e. The highest BCUT2D eigenvalue weighted by atomic mass is 16.5. The maximum absolute atomic E-state index is 12.7. The lowest BCUT2D eigenvalue weighted by Gasteiger charge is -2.53. The lowest BCUT2D eigenvalue weighted by Crippen LogP contribution is -2.51. The molecule has 2 aliphatic heterocycles. The number of aryl methyl sites for hydroxylation is 1. The molecule has 0 radical (unpaired) electrons. The van der Waals surface area contributed by atoms with E-state index in [1.54, 1.807) is 4.90 Å². The molecule has 0 bridgehead atoms. The lowest BCUT2D eigenvalue weighted by molar-refractivity contribution is -0.136. The zero-order chi connectivity index (χ0) is 22.0. The summed E-state index contributed by atoms with van der Waals surface area (Å²) in [5.74, 6) is 0.186. The minimum absolute atomic E-state index is 0.0632. The number of ether oxygens (including phenoxy) is 1. The van der Waals surface area contributed by atoms with E-state index in [-0.39, 0.29) is 23.3 Å². The number of benzene rings is 1. The van der Waals surface area contributed by atoms with Crippen LogP contribution in [-0.4, -0.2) is 76.0 Å². The summed E-state index contributed by atoms with van der Waals surface area (Å²) in [5, 5.41) is 8.51. The van der Waals surface area contributed by atoms with Crippen LogP contribution in [0.3, 0.4) is 0 Å². The van der Waals surface area contributed by atoms with Crippen LogP contribution in [0.1, 0.15) is 54.2 Å². The second-order valence-corrected chi connectivity index (χ2v) is 9.27. The molecular formula is C24H31N5O3. The number of morpholine rings is 1. The SMILES string of the molecule is O=C(CCc1ccccc1)N1CCC2(CCC2n2cc(C(=O)N3CCOCC3)nn2)CC1. The van der Waals surface area contributed by atoms with Crippen LogP contribution >= 0.6 is 0 Å². The van der Waals surface area contributed by atoms with Gasteiger partial charge in [-0.25, -0.2) is 4.68 Å². The van der Waals surface area contributed by atoms with E-state index in [4.69, 9.17) is 4.74 Å². The van der Waals surface area contributed by atoms with Crippen molar-refractivity contribution in [2.75, 3.05) is 39.4 Å². The monoisotopic (exact) mass is 437 g/mol. The van der Waals surface area contributed by atoms with E-state index in [1.165, 1.54) is 5.56 Å². The number of carbonyl (C=O) groups is 2. The average Bonchev–Trinajstić information content (AvgIpc) is 3.31. The Kier molecular flexibility index (Phi) is 5.95. The van der Waals surface area contributed by atoms with Crippen LogP contribution in [0.15, 0.2) is 36.5 Å². The van der Waals surface area contributed by atoms with Crippen LogP contribution in [0.25, 0.3) is 0 Å². The first-order valence-electron chi connectivity index (χ1n) is 11.8. The predicted molar refractivity (Wildman–Crippen MR) is 118 cm³/mol. The average molecular weight is 438 g/mol. The van der Waals surface area contributed by atoms with Gasteiger partial charge in [0.1, 0.15) is 0 Å². The molecule has 1 atom stereocenters. The molecule has 1 aliphatic carbocycles. The third-order valence-electron chi connectivity index (χ3n) is 7.55. The number of hydrogen-bond acceptors (Lipinski definition) is 5. The van der Waals surface area contributed by atoms with Crippen LogP contribution in [0.4, 0.5) is 0 Å². The topological polar surface area (TPSA) is 80.6 Å². The van der Waals surface area contributed by atoms with Crippen LogP contribution < -0.4 is 0 Å². The highest BCUT2D eigenvalue weighted by Gasteiger charge is 2.50. The molecule has 1 aromatic heterocycles. The molecule has 3 aliphatic rings. The molecule has 2 saturated heterocycles. The van der Waals surface area contributed by atoms with Crippen LogP contribution in [0.2, 0.25) is 0 Å². The molecule has 8 nitrogen and oxygen atoms in total. The Labute approximate surface area is 188 Å². The summed E-state index contributed by atoms with van der Waals surface area (Å²) in [6.07, 6.45) is 7.36. The number of likely N-dealkylation sites (tertiary alicyclic amines) is 1. The molecule has 8 heteroatoms. The summed E-state index contributed by atoms with van der Waals surface area (Å²) in [6, 6.07) is 10.5. The first-order chi connectivity index (χ1) is 15.6. The number of aromatic nitrogens is 3. The number of amides is 2. The molecule has 1 aromatic carbocycles. The van der Waals surface area contributed by atoms with E-state index >= 15 is 0 Å². The summed E-state index contributed by atoms with van der Waals surface area (Å²) >= 11 is 0. The van der Waals surface area contributed by atoms with Crippen molar-refractivity contribution in [3.63, 3.8) is 0 Å². The molecule has 2 amide bonds. The number of carbonyl (C=O) groups excluding carboxylic acids is 2. The first kappa shape index (κ1) is 21.1. The second kappa shape index (κ2) is 9.02. The predicted octanol–water partition coefficient (Wildman–Crippen LogP) is 2.33. The zero-order valence-electron chi connectivity index (χ0n) is 18.5. The fourth-order valence-corrected chi connectivity index (χ4v) is 5.39. The van der Waals surface area contributed by atoms with E-state index < -0.39 is 0 Å². The van der Waals surface area contributed by atoms with Gasteiger partial charge in [0.05, 0.1) is 25.5 Å². The van der Waals surface area contributed by atoms with Crippen LogP contribution in [0.5, 0.6) is 0 Å². The number of nitrogens with zero attached hydrogens (tertiary/aromatic N) is 5. The van der Waals surface area contributed by atoms with Gasteiger partial charge in [-0.3, -0.25) is 9.59 Å². The summed E-state index contributed by atoms with van der Waals surface area (Å²) in [6.45, 7) is 3.97. The maximum Gasteiger partial charge on any atom is 0.276 e. The first-order valence-corrected chi connectivity index (χ1v) is 11.8. The molecule has 1 saturated carbocycles. The van der Waals surface area contributed by atoms with Crippen molar-refractivity contribution in [3.05, 3.63) is 47.8 Å². The van der Waals surface area contributed by atoms with Gasteiger partial charge >= 0.3 is 0 Å². The molecule has 5 rings (SSSR count). The van der Waals surface area contributed by atoms with Crippen molar-refractivity contribution in [2.45, 2.75) is 44.6 Å². The van der Waals surface area contributed by atoms with Gasteiger partial charge in [-0.15, -0.1) is 5.10 Å². The molecule has 3 fully saturated rings. The van der Waals surface area contributed by atoms with Crippen molar-refractivity contribution in [2.24, 2.45) is 5.41 Å². The fourth-order valence-electron chi connectivity index (χ4n) is 5.39. The maximum atomic E-state index is 12.7. The van der Waals surface area contributed by atoms with Crippen LogP contribution in [0, 0.1) is 5.41 Å². The Hall–Kier alpha value is -2.74. The molecule has 1 unspecified atom stereocenters. The van der Waals surface area contributed by atoms with Crippen molar-refractivity contribution in [1.29, 1.82) is 0 Å². The van der Waals surface area contributed by atoms with Crippen molar-refractivity contribution >= 4 is 11.8 Å². The van der Waals surface area contributed by atoms with E-state index in [0.29, 0.717) is 38.4 Å². The molecule has 3 heterocycles. The van der Waals surface area contributed by atoms with Gasteiger partial charge in [-0.05, 0) is 43.1 Å². The van der Waals surface area contributed by atoms with Gasteiger partial charge < -0.3 is 14.5 Å². The fraction of sp³-hybridized carbons (Fsp3) is 0.583. The number of piperidine rings is 1. The summed E-state index contributed by atoms with van der Waals surface area (Å²) in [4.78, 5) is 29.2. The Morgan fingerprint density at radius 1 is 1.00 bits per heavy atom. The molecule has 0 N–H and O–H groups in total. The molecule has 1 spiro atoms. The van der Waals surface area contributed by atoms with E-state index in [1.807, 2.05) is 34.0 Å². The van der Waals surface area contributed by atoms with Crippen molar-refractivity contribution in [3.8, 4) is 0 Å². The third kappa shape index (κ3) is 4.16. The summed E-state index contributed by atoms with van der Waals surface area (Å²) in [7, 11) is 0. The van der Waals surface area contributed by atoms with Gasteiger partial charge in [0.25, 0.3) is 5.91 Å². The number of rotatable bonds is 5. The molecule has 32 heavy (non-hydrogen) atoms. The molecule has 170 valence electrons. The Morgan fingerprint density at radius 2 is 1.75 bits per heavy atom. The third-order valence-corrected chi connectivity index (χ3v) is 7.55. The highest BCUT2D eigenvalue weighted by molar-refractivity contribution is 5.92. The summed E-state index contributed by atoms with van der Waals surface area (Å²) in [5.41, 5.74) is 1.80.